The van der Waals surface area contributed by atoms with Gasteiger partial charge in [0.25, 0.3) is 5.69 Å². The van der Waals surface area contributed by atoms with E-state index >= 15 is 0 Å². The van der Waals surface area contributed by atoms with Gasteiger partial charge in [-0.25, -0.2) is 4.39 Å². The molecule has 0 aliphatic carbocycles. The van der Waals surface area contributed by atoms with Crippen molar-refractivity contribution in [2.75, 3.05) is 0 Å². The summed E-state index contributed by atoms with van der Waals surface area (Å²) in [5.41, 5.74) is -0.526. The molecule has 5 nitrogen and oxygen atoms in total. The molecular weight excluding hydrogens is 273 g/mol. The number of aliphatic carboxylic acids is 1. The molecule has 0 amide bonds. The van der Waals surface area contributed by atoms with E-state index in [1.807, 2.05) is 0 Å². The van der Waals surface area contributed by atoms with Crippen LogP contribution in [0.25, 0.3) is 0 Å². The van der Waals surface area contributed by atoms with E-state index in [9.17, 15) is 19.3 Å². The lowest BCUT2D eigenvalue weighted by atomic mass is 10.1. The van der Waals surface area contributed by atoms with Crippen LogP contribution in [0, 0.1) is 15.9 Å². The summed E-state index contributed by atoms with van der Waals surface area (Å²) in [5, 5.41) is 18.8. The van der Waals surface area contributed by atoms with Crippen molar-refractivity contribution in [1.29, 1.82) is 0 Å². The molecule has 0 saturated carbocycles. The van der Waals surface area contributed by atoms with Gasteiger partial charge >= 0.3 is 5.97 Å². The van der Waals surface area contributed by atoms with Crippen LogP contribution in [-0.2, 0) is 11.2 Å². The van der Waals surface area contributed by atoms with Crippen LogP contribution in [0.3, 0.4) is 0 Å². The lowest BCUT2D eigenvalue weighted by Crippen LogP contribution is -2.03. The number of hydrogen-bond acceptors (Lipinski definition) is 3. The van der Waals surface area contributed by atoms with Crippen LogP contribution in [0.1, 0.15) is 5.56 Å². The van der Waals surface area contributed by atoms with Crippen molar-refractivity contribution in [3.8, 4) is 0 Å². The third-order valence-corrected chi connectivity index (χ3v) is 2.29. The summed E-state index contributed by atoms with van der Waals surface area (Å²) in [4.78, 5) is 20.0. The largest absolute Gasteiger partial charge is 0.481 e. The normalized spacial score (nSPS) is 10.0. The van der Waals surface area contributed by atoms with Crippen molar-refractivity contribution in [1.82, 2.24) is 0 Å². The van der Waals surface area contributed by atoms with Gasteiger partial charge < -0.3 is 5.11 Å². The molecule has 15 heavy (non-hydrogen) atoms. The standard InChI is InChI=1S/C8H5BrFNO4/c9-5-1-4(2-8(12)13)6(10)3-7(5)11(14)15/h1,3H,2H2,(H,12,13). The molecule has 0 bridgehead atoms. The van der Waals surface area contributed by atoms with Gasteiger partial charge in [0, 0.05) is 5.56 Å². The predicted octanol–water partition coefficient (Wildman–Crippen LogP) is 2.12. The van der Waals surface area contributed by atoms with Gasteiger partial charge in [-0.3, -0.25) is 14.9 Å². The summed E-state index contributed by atoms with van der Waals surface area (Å²) in [6, 6.07) is 1.80. The van der Waals surface area contributed by atoms with Crippen LogP contribution in [0.15, 0.2) is 16.6 Å². The summed E-state index contributed by atoms with van der Waals surface area (Å²) in [6.45, 7) is 0. The molecule has 0 aromatic heterocycles. The Morgan fingerprint density at radius 3 is 2.67 bits per heavy atom. The number of nitrogens with zero attached hydrogens (tertiary/aromatic N) is 1. The van der Waals surface area contributed by atoms with Crippen LogP contribution in [0.5, 0.6) is 0 Å². The summed E-state index contributed by atoms with van der Waals surface area (Å²) >= 11 is 2.87. The van der Waals surface area contributed by atoms with Crippen molar-refractivity contribution in [2.45, 2.75) is 6.42 Å². The number of carboxylic acid groups (broad SMARTS) is 1. The van der Waals surface area contributed by atoms with E-state index in [2.05, 4.69) is 15.9 Å². The molecule has 80 valence electrons. The second kappa shape index (κ2) is 4.35. The Morgan fingerprint density at radius 2 is 2.20 bits per heavy atom. The molecule has 0 unspecified atom stereocenters. The van der Waals surface area contributed by atoms with Crippen LogP contribution < -0.4 is 0 Å². The van der Waals surface area contributed by atoms with Gasteiger partial charge in [-0.05, 0) is 22.0 Å². The van der Waals surface area contributed by atoms with Crippen LogP contribution >= 0.6 is 15.9 Å². The van der Waals surface area contributed by atoms with Gasteiger partial charge in [0.05, 0.1) is 21.9 Å². The van der Waals surface area contributed by atoms with Crippen molar-refractivity contribution in [3.63, 3.8) is 0 Å². The third-order valence-electron chi connectivity index (χ3n) is 1.65. The lowest BCUT2D eigenvalue weighted by molar-refractivity contribution is -0.385. The Balaban J connectivity index is 3.19. The second-order valence-corrected chi connectivity index (χ2v) is 3.58. The van der Waals surface area contributed by atoms with Gasteiger partial charge in [0.1, 0.15) is 5.82 Å². The SMILES string of the molecule is O=C(O)Cc1cc(Br)c([N+](=O)[O-])cc1F. The Hall–Kier alpha value is -1.50. The molecule has 0 aliphatic heterocycles. The quantitative estimate of drug-likeness (QED) is 0.678. The Bertz CT molecular complexity index is 435. The summed E-state index contributed by atoms with van der Waals surface area (Å²) in [5.74, 6) is -2.10. The number of nitro benzene ring substituents is 1. The fraction of sp³-hybridized carbons (Fsp3) is 0.125. The average molecular weight is 278 g/mol. The maximum absolute atomic E-state index is 13.2. The Labute approximate surface area is 91.8 Å². The minimum Gasteiger partial charge on any atom is -0.481 e. The number of carboxylic acids is 1. The molecule has 1 aromatic carbocycles. The first-order valence-corrected chi connectivity index (χ1v) is 4.55. The molecule has 0 saturated heterocycles. The van der Waals surface area contributed by atoms with E-state index in [0.717, 1.165) is 6.07 Å². The van der Waals surface area contributed by atoms with Gasteiger partial charge in [0.15, 0.2) is 0 Å². The Morgan fingerprint density at radius 1 is 1.60 bits per heavy atom. The summed E-state index contributed by atoms with van der Waals surface area (Å²) < 4.78 is 13.2. The highest BCUT2D eigenvalue weighted by Gasteiger charge is 2.17. The van der Waals surface area contributed by atoms with Crippen LogP contribution in [0.2, 0.25) is 0 Å². The van der Waals surface area contributed by atoms with Crippen molar-refractivity contribution >= 4 is 27.6 Å². The molecule has 0 spiro atoms. The molecule has 0 aliphatic rings. The van der Waals surface area contributed by atoms with E-state index in [0.29, 0.717) is 6.07 Å². The fourth-order valence-electron chi connectivity index (χ4n) is 1.02. The van der Waals surface area contributed by atoms with Gasteiger partial charge in [-0.2, -0.15) is 0 Å². The number of halogens is 2. The van der Waals surface area contributed by atoms with E-state index in [1.165, 1.54) is 0 Å². The van der Waals surface area contributed by atoms with Crippen LogP contribution in [-0.4, -0.2) is 16.0 Å². The van der Waals surface area contributed by atoms with E-state index in [1.54, 1.807) is 0 Å². The molecule has 0 fully saturated rings. The predicted molar refractivity (Wildman–Crippen MR) is 52.1 cm³/mol. The molecule has 0 heterocycles. The monoisotopic (exact) mass is 277 g/mol. The topological polar surface area (TPSA) is 80.4 Å². The first-order chi connectivity index (χ1) is 6.91. The number of carbonyl (C=O) groups is 1. The second-order valence-electron chi connectivity index (χ2n) is 2.72. The van der Waals surface area contributed by atoms with E-state index in [-0.39, 0.29) is 10.0 Å². The highest BCUT2D eigenvalue weighted by molar-refractivity contribution is 9.10. The molecule has 1 rings (SSSR count). The molecule has 1 N–H and O–H groups in total. The smallest absolute Gasteiger partial charge is 0.307 e. The number of benzene rings is 1. The van der Waals surface area contributed by atoms with Crippen LogP contribution in [0.4, 0.5) is 10.1 Å². The van der Waals surface area contributed by atoms with Crippen molar-refractivity contribution in [2.24, 2.45) is 0 Å². The third kappa shape index (κ3) is 2.72. The Kier molecular flexibility index (Phi) is 3.35. The molecule has 1 aromatic rings. The molecule has 7 heteroatoms. The minimum atomic E-state index is -1.20. The minimum absolute atomic E-state index is 0.0603. The van der Waals surface area contributed by atoms with E-state index in [4.69, 9.17) is 5.11 Å². The maximum atomic E-state index is 13.2. The average Bonchev–Trinajstić information content (AvgIpc) is 2.09. The molecule has 0 radical (unpaired) electrons. The van der Waals surface area contributed by atoms with Crippen molar-refractivity contribution < 1.29 is 19.2 Å². The van der Waals surface area contributed by atoms with Crippen molar-refractivity contribution in [3.05, 3.63) is 38.1 Å². The number of nitro groups is 1. The number of rotatable bonds is 3. The van der Waals surface area contributed by atoms with Gasteiger partial charge in [-0.1, -0.05) is 0 Å². The maximum Gasteiger partial charge on any atom is 0.307 e. The zero-order chi connectivity index (χ0) is 11.6. The first kappa shape index (κ1) is 11.6. The zero-order valence-electron chi connectivity index (χ0n) is 7.24. The van der Waals surface area contributed by atoms with Gasteiger partial charge in [0.2, 0.25) is 0 Å². The highest BCUT2D eigenvalue weighted by Crippen LogP contribution is 2.27. The van der Waals surface area contributed by atoms with E-state index < -0.39 is 28.8 Å². The molecule has 0 atom stereocenters. The lowest BCUT2D eigenvalue weighted by Gasteiger charge is -2.01. The highest BCUT2D eigenvalue weighted by atomic mass is 79.9. The summed E-state index contributed by atoms with van der Waals surface area (Å²) in [7, 11) is 0. The summed E-state index contributed by atoms with van der Waals surface area (Å²) in [6.07, 6.45) is -0.511. The zero-order valence-corrected chi connectivity index (χ0v) is 8.82. The molecular formula is C8H5BrFNO4. The number of hydrogen-bond donors (Lipinski definition) is 1. The first-order valence-electron chi connectivity index (χ1n) is 3.76. The van der Waals surface area contributed by atoms with Gasteiger partial charge in [-0.15, -0.1) is 0 Å². The fourth-order valence-corrected chi connectivity index (χ4v) is 1.55.